The summed E-state index contributed by atoms with van der Waals surface area (Å²) in [5.41, 5.74) is -0.329. The van der Waals surface area contributed by atoms with Gasteiger partial charge in [-0.2, -0.15) is 5.26 Å². The molecule has 0 bridgehead atoms. The molecule has 1 heterocycles. The van der Waals surface area contributed by atoms with Crippen molar-refractivity contribution in [1.29, 1.82) is 5.26 Å². The molecule has 1 N–H and O–H groups in total. The second kappa shape index (κ2) is 7.84. The minimum absolute atomic E-state index is 0.329. The third kappa shape index (κ3) is 4.76. The van der Waals surface area contributed by atoms with E-state index >= 15 is 0 Å². The van der Waals surface area contributed by atoms with Gasteiger partial charge in [0, 0.05) is 12.6 Å². The highest BCUT2D eigenvalue weighted by Gasteiger charge is 2.26. The van der Waals surface area contributed by atoms with E-state index in [1.807, 2.05) is 7.05 Å². The van der Waals surface area contributed by atoms with Crippen molar-refractivity contribution in [3.63, 3.8) is 0 Å². The SMILES string of the molecule is CCC(C#N)(CCCN(C)C1CCCN(C)C1)NC. The topological polar surface area (TPSA) is 42.3 Å². The molecule has 0 radical (unpaired) electrons. The summed E-state index contributed by atoms with van der Waals surface area (Å²) in [7, 11) is 6.33. The summed E-state index contributed by atoms with van der Waals surface area (Å²) < 4.78 is 0. The van der Waals surface area contributed by atoms with Crippen LogP contribution in [0.3, 0.4) is 0 Å². The zero-order valence-electron chi connectivity index (χ0n) is 13.1. The third-order valence-electron chi connectivity index (χ3n) is 4.63. The molecule has 110 valence electrons. The number of nitriles is 1. The first-order chi connectivity index (χ1) is 9.06. The molecule has 0 amide bonds. The predicted molar refractivity (Wildman–Crippen MR) is 80.1 cm³/mol. The fraction of sp³-hybridized carbons (Fsp3) is 0.933. The quantitative estimate of drug-likeness (QED) is 0.761. The van der Waals surface area contributed by atoms with Gasteiger partial charge < -0.3 is 15.1 Å². The van der Waals surface area contributed by atoms with Gasteiger partial charge in [-0.3, -0.25) is 0 Å². The summed E-state index contributed by atoms with van der Waals surface area (Å²) in [4.78, 5) is 4.90. The fourth-order valence-corrected chi connectivity index (χ4v) is 2.98. The maximum Gasteiger partial charge on any atom is 0.106 e. The molecule has 0 aromatic rings. The molecule has 0 saturated carbocycles. The van der Waals surface area contributed by atoms with Crippen LogP contribution in [-0.4, -0.2) is 62.2 Å². The molecule has 1 fully saturated rings. The van der Waals surface area contributed by atoms with E-state index in [9.17, 15) is 5.26 Å². The average molecular weight is 266 g/mol. The zero-order chi connectivity index (χ0) is 14.3. The molecule has 0 aromatic heterocycles. The van der Waals surface area contributed by atoms with Crippen LogP contribution in [0.25, 0.3) is 0 Å². The molecule has 2 atom stereocenters. The van der Waals surface area contributed by atoms with E-state index in [-0.39, 0.29) is 5.54 Å². The normalized spacial score (nSPS) is 24.1. The molecule has 0 aromatic carbocycles. The van der Waals surface area contributed by atoms with Crippen LogP contribution in [-0.2, 0) is 0 Å². The van der Waals surface area contributed by atoms with Crippen LogP contribution in [0.5, 0.6) is 0 Å². The average Bonchev–Trinajstić information content (AvgIpc) is 2.44. The minimum Gasteiger partial charge on any atom is -0.305 e. The summed E-state index contributed by atoms with van der Waals surface area (Å²) in [5, 5.41) is 12.5. The van der Waals surface area contributed by atoms with Crippen molar-refractivity contribution < 1.29 is 0 Å². The van der Waals surface area contributed by atoms with Crippen LogP contribution in [0.4, 0.5) is 0 Å². The molecular weight excluding hydrogens is 236 g/mol. The summed E-state index contributed by atoms with van der Waals surface area (Å²) in [5.74, 6) is 0. The van der Waals surface area contributed by atoms with E-state index in [1.165, 1.54) is 25.9 Å². The number of hydrogen-bond acceptors (Lipinski definition) is 4. The van der Waals surface area contributed by atoms with Crippen LogP contribution in [0.2, 0.25) is 0 Å². The number of likely N-dealkylation sites (N-methyl/N-ethyl adjacent to an activating group) is 2. The fourth-order valence-electron chi connectivity index (χ4n) is 2.98. The van der Waals surface area contributed by atoms with Gasteiger partial charge in [0.15, 0.2) is 0 Å². The number of rotatable bonds is 7. The molecule has 1 aliphatic rings. The third-order valence-corrected chi connectivity index (χ3v) is 4.63. The molecule has 0 spiro atoms. The number of likely N-dealkylation sites (tertiary alicyclic amines) is 1. The standard InChI is InChI=1S/C15H30N4/c1-5-15(13-16,17-2)9-7-11-19(4)14-8-6-10-18(3)12-14/h14,17H,5-12H2,1-4H3. The largest absolute Gasteiger partial charge is 0.305 e. The lowest BCUT2D eigenvalue weighted by Gasteiger charge is -2.36. The molecule has 19 heavy (non-hydrogen) atoms. The van der Waals surface area contributed by atoms with Gasteiger partial charge >= 0.3 is 0 Å². The molecular formula is C15H30N4. The first-order valence-electron chi connectivity index (χ1n) is 7.56. The maximum absolute atomic E-state index is 9.29. The van der Waals surface area contributed by atoms with Gasteiger partial charge in [-0.1, -0.05) is 6.92 Å². The van der Waals surface area contributed by atoms with E-state index in [0.717, 1.165) is 25.8 Å². The lowest BCUT2D eigenvalue weighted by molar-refractivity contribution is 0.131. The van der Waals surface area contributed by atoms with Crippen molar-refractivity contribution >= 4 is 0 Å². The Morgan fingerprint density at radius 3 is 2.79 bits per heavy atom. The second-order valence-corrected chi connectivity index (χ2v) is 5.94. The lowest BCUT2D eigenvalue weighted by atomic mass is 9.92. The highest BCUT2D eigenvalue weighted by molar-refractivity contribution is 5.05. The maximum atomic E-state index is 9.29. The highest BCUT2D eigenvalue weighted by Crippen LogP contribution is 2.18. The Bertz CT molecular complexity index is 293. The van der Waals surface area contributed by atoms with Crippen molar-refractivity contribution in [2.24, 2.45) is 0 Å². The first-order valence-corrected chi connectivity index (χ1v) is 7.56. The van der Waals surface area contributed by atoms with Gasteiger partial charge in [-0.05, 0) is 66.3 Å². The van der Waals surface area contributed by atoms with Crippen LogP contribution in [0, 0.1) is 11.3 Å². The molecule has 4 nitrogen and oxygen atoms in total. The Morgan fingerprint density at radius 1 is 1.53 bits per heavy atom. The number of nitrogens with one attached hydrogen (secondary N) is 1. The molecule has 1 aliphatic heterocycles. The van der Waals surface area contributed by atoms with Crippen LogP contribution in [0.1, 0.15) is 39.0 Å². The van der Waals surface area contributed by atoms with Crippen LogP contribution < -0.4 is 5.32 Å². The van der Waals surface area contributed by atoms with Gasteiger partial charge in [-0.25, -0.2) is 0 Å². The predicted octanol–water partition coefficient (Wildman–Crippen LogP) is 1.68. The van der Waals surface area contributed by atoms with E-state index < -0.39 is 0 Å². The van der Waals surface area contributed by atoms with Crippen LogP contribution >= 0.6 is 0 Å². The molecule has 0 aliphatic carbocycles. The van der Waals surface area contributed by atoms with Crippen molar-refractivity contribution in [3.8, 4) is 6.07 Å². The monoisotopic (exact) mass is 266 g/mol. The van der Waals surface area contributed by atoms with E-state index in [1.54, 1.807) is 0 Å². The van der Waals surface area contributed by atoms with Gasteiger partial charge in [0.05, 0.1) is 6.07 Å². The molecule has 1 rings (SSSR count). The van der Waals surface area contributed by atoms with Gasteiger partial charge in [0.2, 0.25) is 0 Å². The Kier molecular flexibility index (Phi) is 6.78. The van der Waals surface area contributed by atoms with Gasteiger partial charge in [0.25, 0.3) is 0 Å². The van der Waals surface area contributed by atoms with Crippen molar-refractivity contribution in [3.05, 3.63) is 0 Å². The Morgan fingerprint density at radius 2 is 2.26 bits per heavy atom. The van der Waals surface area contributed by atoms with E-state index in [4.69, 9.17) is 0 Å². The zero-order valence-corrected chi connectivity index (χ0v) is 13.1. The first kappa shape index (κ1) is 16.4. The number of nitrogens with zero attached hydrogens (tertiary/aromatic N) is 3. The lowest BCUT2D eigenvalue weighted by Crippen LogP contribution is -2.46. The Labute approximate surface area is 118 Å². The summed E-state index contributed by atoms with van der Waals surface area (Å²) >= 11 is 0. The highest BCUT2D eigenvalue weighted by atomic mass is 15.2. The van der Waals surface area contributed by atoms with Crippen LogP contribution in [0.15, 0.2) is 0 Å². The van der Waals surface area contributed by atoms with Crippen molar-refractivity contribution in [1.82, 2.24) is 15.1 Å². The molecule has 2 unspecified atom stereocenters. The van der Waals surface area contributed by atoms with Crippen molar-refractivity contribution in [2.45, 2.75) is 50.6 Å². The van der Waals surface area contributed by atoms with Gasteiger partial charge in [-0.15, -0.1) is 0 Å². The van der Waals surface area contributed by atoms with E-state index in [2.05, 4.69) is 42.2 Å². The summed E-state index contributed by atoms with van der Waals surface area (Å²) in [6.45, 7) is 5.58. The second-order valence-electron chi connectivity index (χ2n) is 5.94. The number of piperidine rings is 1. The Balaban J connectivity index is 2.34. The van der Waals surface area contributed by atoms with Gasteiger partial charge in [0.1, 0.15) is 5.54 Å². The number of hydrogen-bond donors (Lipinski definition) is 1. The minimum atomic E-state index is -0.329. The Hall–Kier alpha value is -0.630. The van der Waals surface area contributed by atoms with E-state index in [0.29, 0.717) is 6.04 Å². The van der Waals surface area contributed by atoms with Crippen molar-refractivity contribution in [2.75, 3.05) is 40.8 Å². The summed E-state index contributed by atoms with van der Waals surface area (Å²) in [6.07, 6.45) is 5.50. The molecule has 1 saturated heterocycles. The smallest absolute Gasteiger partial charge is 0.106 e. The molecule has 4 heteroatoms. The summed E-state index contributed by atoms with van der Waals surface area (Å²) in [6, 6.07) is 3.12.